The quantitative estimate of drug-likeness (QED) is 0.299. The average Bonchev–Trinajstić information content (AvgIpc) is 3.37. The van der Waals surface area contributed by atoms with Crippen LogP contribution in [-0.2, 0) is 16.0 Å². The molecule has 0 atom stereocenters. The predicted molar refractivity (Wildman–Crippen MR) is 132 cm³/mol. The van der Waals surface area contributed by atoms with E-state index in [4.69, 9.17) is 4.74 Å². The topological polar surface area (TPSA) is 91.4 Å². The number of ether oxygens (including phenoxy) is 1. The molecule has 2 amide bonds. The van der Waals surface area contributed by atoms with Crippen LogP contribution in [0.3, 0.4) is 0 Å². The summed E-state index contributed by atoms with van der Waals surface area (Å²) in [4.78, 5) is 28.8. The Bertz CT molecular complexity index is 1460. The first-order valence-electron chi connectivity index (χ1n) is 11.6. The highest BCUT2D eigenvalue weighted by molar-refractivity contribution is 6.53. The lowest BCUT2D eigenvalue weighted by molar-refractivity contribution is -0.576. The molecule has 4 aromatic rings. The van der Waals surface area contributed by atoms with E-state index in [1.54, 1.807) is 72.6 Å². The number of carbonyl (C=O) groups excluding carboxylic acids is 2. The van der Waals surface area contributed by atoms with E-state index < -0.39 is 17.7 Å². The number of hydrogen-bond acceptors (Lipinski definition) is 5. The van der Waals surface area contributed by atoms with Crippen molar-refractivity contribution in [3.05, 3.63) is 96.4 Å². The van der Waals surface area contributed by atoms with Crippen LogP contribution in [0.1, 0.15) is 24.6 Å². The number of hydrogen-bond donors (Lipinski definition) is 0. The van der Waals surface area contributed by atoms with Crippen LogP contribution in [0.2, 0.25) is 0 Å². The van der Waals surface area contributed by atoms with E-state index in [1.165, 1.54) is 4.68 Å². The third kappa shape index (κ3) is 3.82. The van der Waals surface area contributed by atoms with Gasteiger partial charge in [0.25, 0.3) is 11.6 Å². The zero-order chi connectivity index (χ0) is 25.2. The summed E-state index contributed by atoms with van der Waals surface area (Å²) >= 11 is 0. The summed E-state index contributed by atoms with van der Waals surface area (Å²) in [5.74, 6) is -0.935. The van der Waals surface area contributed by atoms with E-state index in [1.807, 2.05) is 31.2 Å². The number of benzene rings is 2. The zero-order valence-electron chi connectivity index (χ0n) is 19.9. The summed E-state index contributed by atoms with van der Waals surface area (Å²) in [6.07, 6.45) is 4.56. The van der Waals surface area contributed by atoms with Gasteiger partial charge in [-0.25, -0.2) is 9.58 Å². The molecule has 2 aromatic heterocycles. The van der Waals surface area contributed by atoms with Crippen molar-refractivity contribution in [1.29, 1.82) is 0 Å². The summed E-state index contributed by atoms with van der Waals surface area (Å²) in [5.41, 5.74) is 1.76. The van der Waals surface area contributed by atoms with Gasteiger partial charge in [-0.05, 0) is 48.7 Å². The smallest absolute Gasteiger partial charge is 0.331 e. The standard InChI is InChI=1S/C28H24N4O4/c1-3-10-22-23(27(34)32(29-22)20-11-6-4-7-12-20)24-25(30-17-8-5-9-18-30)28(35)31(26(24)33)19-13-15-21(36-2)16-14-19/h4-9,11-18H,3,10H2,1-2H3. The molecule has 0 bridgehead atoms. The molecule has 8 heteroatoms. The maximum Gasteiger partial charge on any atom is 0.331 e. The molecular weight excluding hydrogens is 456 g/mol. The first-order valence-corrected chi connectivity index (χ1v) is 11.6. The van der Waals surface area contributed by atoms with Gasteiger partial charge < -0.3 is 9.84 Å². The van der Waals surface area contributed by atoms with E-state index in [0.29, 0.717) is 35.7 Å². The normalized spacial score (nSPS) is 13.6. The molecule has 1 aliphatic heterocycles. The maximum absolute atomic E-state index is 13.9. The number of para-hydroxylation sites is 1. The Kier molecular flexibility index (Phi) is 6.08. The van der Waals surface area contributed by atoms with E-state index in [2.05, 4.69) is 5.10 Å². The third-order valence-electron chi connectivity index (χ3n) is 6.02. The van der Waals surface area contributed by atoms with Gasteiger partial charge in [0.05, 0.1) is 24.2 Å². The van der Waals surface area contributed by atoms with Gasteiger partial charge in [0.15, 0.2) is 12.4 Å². The average molecular weight is 481 g/mol. The molecule has 0 aliphatic carbocycles. The fourth-order valence-electron chi connectivity index (χ4n) is 4.35. The SMILES string of the molecule is CCCc1nn(-c2ccccc2)c([O-])c1C1=C([n+]2ccccc2)C(=O)N(c2ccc(OC)cc2)C1=O. The van der Waals surface area contributed by atoms with Gasteiger partial charge in [0.2, 0.25) is 0 Å². The lowest BCUT2D eigenvalue weighted by Crippen LogP contribution is -2.39. The van der Waals surface area contributed by atoms with Gasteiger partial charge in [-0.2, -0.15) is 9.67 Å². The maximum atomic E-state index is 13.9. The van der Waals surface area contributed by atoms with Gasteiger partial charge >= 0.3 is 5.91 Å². The molecule has 0 saturated carbocycles. The molecule has 8 nitrogen and oxygen atoms in total. The number of pyridine rings is 1. The highest BCUT2D eigenvalue weighted by atomic mass is 16.5. The Morgan fingerprint density at radius 2 is 1.56 bits per heavy atom. The fourth-order valence-corrected chi connectivity index (χ4v) is 4.35. The number of nitrogens with zero attached hydrogens (tertiary/aromatic N) is 4. The van der Waals surface area contributed by atoms with Gasteiger partial charge in [0.1, 0.15) is 11.3 Å². The fraction of sp³-hybridized carbons (Fsp3) is 0.143. The lowest BCUT2D eigenvalue weighted by Gasteiger charge is -2.16. The van der Waals surface area contributed by atoms with Crippen molar-refractivity contribution in [3.63, 3.8) is 0 Å². The van der Waals surface area contributed by atoms with Gasteiger partial charge in [-0.15, -0.1) is 0 Å². The molecule has 5 rings (SSSR count). The van der Waals surface area contributed by atoms with Crippen LogP contribution >= 0.6 is 0 Å². The second-order valence-corrected chi connectivity index (χ2v) is 8.27. The minimum Gasteiger partial charge on any atom is -0.858 e. The largest absolute Gasteiger partial charge is 0.858 e. The van der Waals surface area contributed by atoms with Crippen molar-refractivity contribution in [3.8, 4) is 17.3 Å². The molecule has 36 heavy (non-hydrogen) atoms. The Morgan fingerprint density at radius 1 is 0.889 bits per heavy atom. The van der Waals surface area contributed by atoms with Crippen LogP contribution in [0.5, 0.6) is 11.6 Å². The van der Waals surface area contributed by atoms with E-state index in [9.17, 15) is 14.7 Å². The van der Waals surface area contributed by atoms with E-state index in [-0.39, 0.29) is 16.8 Å². The Morgan fingerprint density at radius 3 is 2.19 bits per heavy atom. The second kappa shape index (κ2) is 9.50. The lowest BCUT2D eigenvalue weighted by atomic mass is 10.0. The number of imide groups is 1. The van der Waals surface area contributed by atoms with Crippen molar-refractivity contribution in [2.24, 2.45) is 0 Å². The van der Waals surface area contributed by atoms with Crippen molar-refractivity contribution >= 4 is 28.8 Å². The van der Waals surface area contributed by atoms with Crippen LogP contribution < -0.4 is 19.3 Å². The monoisotopic (exact) mass is 480 g/mol. The molecule has 1 aliphatic rings. The van der Waals surface area contributed by atoms with Gasteiger partial charge in [-0.3, -0.25) is 9.59 Å². The molecule has 0 fully saturated rings. The summed E-state index contributed by atoms with van der Waals surface area (Å²) in [7, 11) is 1.54. The first-order chi connectivity index (χ1) is 17.5. The third-order valence-corrected chi connectivity index (χ3v) is 6.02. The molecule has 0 saturated heterocycles. The van der Waals surface area contributed by atoms with Crippen LogP contribution in [0.25, 0.3) is 17.0 Å². The molecular formula is C28H24N4O4. The highest BCUT2D eigenvalue weighted by Gasteiger charge is 2.47. The molecule has 3 heterocycles. The molecule has 0 radical (unpaired) electrons. The van der Waals surface area contributed by atoms with Crippen molar-refractivity contribution in [2.75, 3.05) is 12.0 Å². The Balaban J connectivity index is 1.74. The minimum atomic E-state index is -0.571. The zero-order valence-corrected chi connectivity index (χ0v) is 19.9. The van der Waals surface area contributed by atoms with Crippen LogP contribution in [-0.4, -0.2) is 28.7 Å². The number of aromatic nitrogens is 3. The molecule has 0 spiro atoms. The highest BCUT2D eigenvalue weighted by Crippen LogP contribution is 2.39. The van der Waals surface area contributed by atoms with Gasteiger partial charge in [-0.1, -0.05) is 37.6 Å². The van der Waals surface area contributed by atoms with E-state index in [0.717, 1.165) is 4.90 Å². The summed E-state index contributed by atoms with van der Waals surface area (Å²) in [6.45, 7) is 1.97. The van der Waals surface area contributed by atoms with E-state index >= 15 is 0 Å². The number of methoxy groups -OCH3 is 1. The number of carbonyl (C=O) groups is 2. The van der Waals surface area contributed by atoms with Crippen LogP contribution in [0.4, 0.5) is 5.69 Å². The minimum absolute atomic E-state index is 0.0441. The first kappa shape index (κ1) is 23.0. The Labute approximate surface area is 208 Å². The van der Waals surface area contributed by atoms with Crippen molar-refractivity contribution < 1.29 is 24.0 Å². The molecule has 0 unspecified atom stereocenters. The van der Waals surface area contributed by atoms with Crippen molar-refractivity contribution in [1.82, 2.24) is 9.78 Å². The van der Waals surface area contributed by atoms with Crippen LogP contribution in [0, 0.1) is 0 Å². The Hall–Kier alpha value is -4.72. The van der Waals surface area contributed by atoms with Crippen LogP contribution in [0.15, 0.2) is 85.2 Å². The predicted octanol–water partition coefficient (Wildman–Crippen LogP) is 3.14. The number of aryl methyl sites for hydroxylation is 1. The summed E-state index contributed by atoms with van der Waals surface area (Å²) < 4.78 is 8.09. The number of anilines is 1. The van der Waals surface area contributed by atoms with Crippen molar-refractivity contribution in [2.45, 2.75) is 19.8 Å². The second-order valence-electron chi connectivity index (χ2n) is 8.27. The number of amides is 2. The number of rotatable bonds is 7. The molecule has 2 aromatic carbocycles. The summed E-state index contributed by atoms with van der Waals surface area (Å²) in [5, 5.41) is 18.4. The molecule has 0 N–H and O–H groups in total. The molecule has 180 valence electrons. The summed E-state index contributed by atoms with van der Waals surface area (Å²) in [6, 6.07) is 21.0. The van der Waals surface area contributed by atoms with Gasteiger partial charge in [0, 0.05) is 17.7 Å².